The zero-order valence-electron chi connectivity index (χ0n) is 11.0. The Balaban J connectivity index is 2.80. The number of hydrogen-bond acceptors (Lipinski definition) is 6. The summed E-state index contributed by atoms with van der Waals surface area (Å²) in [5, 5.41) is 21.5. The minimum atomic E-state index is -1.11. The third kappa shape index (κ3) is 4.69. The van der Waals surface area contributed by atoms with Crippen molar-refractivity contribution in [1.29, 1.82) is 0 Å². The molecule has 0 bridgehead atoms. The van der Waals surface area contributed by atoms with E-state index in [1.54, 1.807) is 0 Å². The maximum absolute atomic E-state index is 11.8. The second-order valence-electron chi connectivity index (χ2n) is 4.02. The largest absolute Gasteiger partial charge is 0.481 e. The van der Waals surface area contributed by atoms with Crippen molar-refractivity contribution < 1.29 is 24.4 Å². The molecule has 1 aromatic rings. The van der Waals surface area contributed by atoms with Crippen molar-refractivity contribution in [2.75, 3.05) is 13.7 Å². The highest BCUT2D eigenvalue weighted by Gasteiger charge is 2.18. The van der Waals surface area contributed by atoms with Crippen molar-refractivity contribution in [2.45, 2.75) is 12.5 Å². The average Bonchev–Trinajstić information content (AvgIpc) is 2.42. The fraction of sp³-hybridized carbons (Fsp3) is 0.364. The molecule has 0 aliphatic carbocycles. The number of aromatic amines is 1. The van der Waals surface area contributed by atoms with Crippen LogP contribution >= 0.6 is 0 Å². The number of H-pyrrole nitrogens is 1. The molecule has 1 atom stereocenters. The van der Waals surface area contributed by atoms with Crippen LogP contribution in [0.3, 0.4) is 0 Å². The molecule has 0 radical (unpaired) electrons. The van der Waals surface area contributed by atoms with E-state index in [1.165, 1.54) is 7.11 Å². The predicted octanol–water partition coefficient (Wildman–Crippen LogP) is -0.497. The molecule has 1 amide bonds. The lowest BCUT2D eigenvalue weighted by Gasteiger charge is -2.13. The molecule has 1 heterocycles. The highest BCUT2D eigenvalue weighted by Crippen LogP contribution is 2.08. The van der Waals surface area contributed by atoms with E-state index in [2.05, 4.69) is 10.3 Å². The molecule has 0 fully saturated rings. The van der Waals surface area contributed by atoms with E-state index in [-0.39, 0.29) is 13.0 Å². The van der Waals surface area contributed by atoms with Gasteiger partial charge in [-0.2, -0.15) is 0 Å². The molecule has 1 rings (SSSR count). The van der Waals surface area contributed by atoms with E-state index in [1.807, 2.05) is 0 Å². The number of nitro groups is 1. The van der Waals surface area contributed by atoms with Gasteiger partial charge in [0.05, 0.1) is 23.6 Å². The minimum Gasteiger partial charge on any atom is -0.481 e. The van der Waals surface area contributed by atoms with Gasteiger partial charge in [-0.15, -0.1) is 0 Å². The number of amides is 1. The molecule has 114 valence electrons. The lowest BCUT2D eigenvalue weighted by atomic mass is 10.2. The maximum Gasteiger partial charge on any atom is 0.306 e. The monoisotopic (exact) mass is 299 g/mol. The van der Waals surface area contributed by atoms with Crippen LogP contribution in [0.5, 0.6) is 0 Å². The number of rotatable bonds is 7. The van der Waals surface area contributed by atoms with Crippen molar-refractivity contribution >= 4 is 17.6 Å². The second-order valence-corrected chi connectivity index (χ2v) is 4.02. The highest BCUT2D eigenvalue weighted by molar-refractivity contribution is 5.94. The summed E-state index contributed by atoms with van der Waals surface area (Å²) in [6, 6.07) is 0.840. The summed E-state index contributed by atoms with van der Waals surface area (Å²) in [5.74, 6) is -1.96. The van der Waals surface area contributed by atoms with Gasteiger partial charge in [0.25, 0.3) is 17.2 Å². The van der Waals surface area contributed by atoms with Crippen LogP contribution in [0.2, 0.25) is 0 Å². The third-order valence-electron chi connectivity index (χ3n) is 2.57. The number of aliphatic carboxylic acids is 1. The third-order valence-corrected chi connectivity index (χ3v) is 2.57. The molecule has 3 N–H and O–H groups in total. The van der Waals surface area contributed by atoms with Crippen molar-refractivity contribution in [3.63, 3.8) is 0 Å². The fourth-order valence-electron chi connectivity index (χ4n) is 1.48. The predicted molar refractivity (Wildman–Crippen MR) is 69.1 cm³/mol. The molecule has 21 heavy (non-hydrogen) atoms. The SMILES string of the molecule is COC(CNC(=O)c1cc([N+](=O)[O-])c[nH]c1=O)CC(=O)O. The minimum absolute atomic E-state index is 0.149. The Morgan fingerprint density at radius 3 is 2.76 bits per heavy atom. The molecule has 1 unspecified atom stereocenters. The molecule has 0 aliphatic rings. The van der Waals surface area contributed by atoms with Gasteiger partial charge in [-0.25, -0.2) is 0 Å². The first kappa shape index (κ1) is 16.3. The van der Waals surface area contributed by atoms with Gasteiger partial charge in [0, 0.05) is 19.7 Å². The Morgan fingerprint density at radius 1 is 1.57 bits per heavy atom. The quantitative estimate of drug-likeness (QED) is 0.453. The van der Waals surface area contributed by atoms with Crippen LogP contribution in [0.25, 0.3) is 0 Å². The summed E-state index contributed by atoms with van der Waals surface area (Å²) in [7, 11) is 1.28. The van der Waals surface area contributed by atoms with E-state index in [0.29, 0.717) is 0 Å². The average molecular weight is 299 g/mol. The van der Waals surface area contributed by atoms with Crippen molar-refractivity contribution in [3.05, 3.63) is 38.3 Å². The van der Waals surface area contributed by atoms with Crippen LogP contribution in [-0.2, 0) is 9.53 Å². The van der Waals surface area contributed by atoms with Gasteiger partial charge in [0.2, 0.25) is 0 Å². The van der Waals surface area contributed by atoms with E-state index in [4.69, 9.17) is 9.84 Å². The van der Waals surface area contributed by atoms with Crippen LogP contribution in [0.4, 0.5) is 5.69 Å². The van der Waals surface area contributed by atoms with Gasteiger partial charge >= 0.3 is 5.97 Å². The first-order valence-electron chi connectivity index (χ1n) is 5.75. The Kier molecular flexibility index (Phi) is 5.55. The molecule has 10 nitrogen and oxygen atoms in total. The van der Waals surface area contributed by atoms with Crippen LogP contribution in [0.1, 0.15) is 16.8 Å². The second kappa shape index (κ2) is 7.14. The van der Waals surface area contributed by atoms with Gasteiger partial charge in [-0.3, -0.25) is 24.5 Å². The van der Waals surface area contributed by atoms with Crippen molar-refractivity contribution in [1.82, 2.24) is 10.3 Å². The topological polar surface area (TPSA) is 152 Å². The zero-order valence-corrected chi connectivity index (χ0v) is 11.0. The van der Waals surface area contributed by atoms with Crippen LogP contribution in [0, 0.1) is 10.1 Å². The summed E-state index contributed by atoms with van der Waals surface area (Å²) in [4.78, 5) is 45.7. The van der Waals surface area contributed by atoms with E-state index in [0.717, 1.165) is 12.3 Å². The molecule has 10 heteroatoms. The smallest absolute Gasteiger partial charge is 0.306 e. The number of hydrogen-bond donors (Lipinski definition) is 3. The Labute approximate surface area is 117 Å². The van der Waals surface area contributed by atoms with Crippen molar-refractivity contribution in [3.8, 4) is 0 Å². The van der Waals surface area contributed by atoms with Gasteiger partial charge in [0.1, 0.15) is 5.56 Å². The number of ether oxygens (including phenoxy) is 1. The number of carbonyl (C=O) groups excluding carboxylic acids is 1. The fourth-order valence-corrected chi connectivity index (χ4v) is 1.48. The first-order valence-corrected chi connectivity index (χ1v) is 5.75. The Hall–Kier alpha value is -2.75. The normalized spacial score (nSPS) is 11.7. The lowest BCUT2D eigenvalue weighted by Crippen LogP contribution is -2.36. The standard InChI is InChI=1S/C11H13N3O7/c1-21-7(3-9(15)16)5-13-11(18)8-2-6(14(19)20)4-12-10(8)17/h2,4,7H,3,5H2,1H3,(H,12,17)(H,13,18)(H,15,16). The Morgan fingerprint density at radius 2 is 2.24 bits per heavy atom. The molecule has 0 saturated heterocycles. The van der Waals surface area contributed by atoms with Gasteiger partial charge in [-0.1, -0.05) is 0 Å². The summed E-state index contributed by atoms with van der Waals surface area (Å²) >= 11 is 0. The lowest BCUT2D eigenvalue weighted by molar-refractivity contribution is -0.385. The molecule has 0 aliphatic heterocycles. The summed E-state index contributed by atoms with van der Waals surface area (Å²) in [5.41, 5.74) is -1.66. The number of methoxy groups -OCH3 is 1. The molecule has 0 saturated carbocycles. The number of carbonyl (C=O) groups is 2. The summed E-state index contributed by atoms with van der Waals surface area (Å²) in [6.07, 6.45) is -0.229. The van der Waals surface area contributed by atoms with Crippen LogP contribution in [-0.4, -0.2) is 46.6 Å². The number of aromatic nitrogens is 1. The molecule has 0 spiro atoms. The number of carboxylic acids is 1. The summed E-state index contributed by atoms with van der Waals surface area (Å²) < 4.78 is 4.85. The molecular formula is C11H13N3O7. The van der Waals surface area contributed by atoms with Crippen LogP contribution in [0.15, 0.2) is 17.1 Å². The van der Waals surface area contributed by atoms with Gasteiger partial charge in [-0.05, 0) is 0 Å². The maximum atomic E-state index is 11.8. The number of nitrogens with zero attached hydrogens (tertiary/aromatic N) is 1. The number of nitrogens with one attached hydrogen (secondary N) is 2. The zero-order chi connectivity index (χ0) is 16.0. The van der Waals surface area contributed by atoms with Gasteiger partial charge < -0.3 is 20.1 Å². The van der Waals surface area contributed by atoms with Gasteiger partial charge in [0.15, 0.2) is 0 Å². The highest BCUT2D eigenvalue weighted by atomic mass is 16.6. The van der Waals surface area contributed by atoms with E-state index in [9.17, 15) is 24.5 Å². The van der Waals surface area contributed by atoms with E-state index >= 15 is 0 Å². The molecular weight excluding hydrogens is 286 g/mol. The molecule has 1 aromatic heterocycles. The number of carboxylic acid groups (broad SMARTS) is 1. The first-order chi connectivity index (χ1) is 9.85. The van der Waals surface area contributed by atoms with Crippen LogP contribution < -0.4 is 10.9 Å². The summed E-state index contributed by atoms with van der Waals surface area (Å²) in [6.45, 7) is -0.149. The van der Waals surface area contributed by atoms with E-state index < -0.39 is 39.7 Å². The molecule has 0 aromatic carbocycles. The number of pyridine rings is 1. The van der Waals surface area contributed by atoms with Crippen molar-refractivity contribution in [2.24, 2.45) is 0 Å². The Bertz CT molecular complexity index is 610.